The molecule has 0 spiro atoms. The lowest BCUT2D eigenvalue weighted by atomic mass is 10.4. The first kappa shape index (κ1) is 9.15. The van der Waals surface area contributed by atoms with Gasteiger partial charge in [0.2, 0.25) is 0 Å². The fourth-order valence-electron chi connectivity index (χ4n) is 1.62. The number of fused-ring (bicyclic) bond motifs is 1. The highest BCUT2D eigenvalue weighted by atomic mass is 15.1. The minimum Gasteiger partial charge on any atom is -0.324 e. The largest absolute Gasteiger partial charge is 0.324 e. The molecule has 0 unspecified atom stereocenters. The van der Waals surface area contributed by atoms with Crippen molar-refractivity contribution in [1.29, 1.82) is 0 Å². The fourth-order valence-corrected chi connectivity index (χ4v) is 1.62. The zero-order valence-corrected chi connectivity index (χ0v) is 8.27. The highest BCUT2D eigenvalue weighted by molar-refractivity contribution is 5.71. The number of hydrogen-bond donors (Lipinski definition) is 1. The van der Waals surface area contributed by atoms with Crippen molar-refractivity contribution in [2.75, 3.05) is 0 Å². The molecule has 0 aliphatic rings. The molecule has 74 valence electrons. The number of aryl methyl sites for hydroxylation is 1. The summed E-state index contributed by atoms with van der Waals surface area (Å²) in [6, 6.07) is 3.86. The van der Waals surface area contributed by atoms with E-state index in [0.717, 1.165) is 30.0 Å². The van der Waals surface area contributed by atoms with Gasteiger partial charge in [-0.25, -0.2) is 9.97 Å². The van der Waals surface area contributed by atoms with Crippen LogP contribution in [-0.2, 0) is 13.1 Å². The lowest BCUT2D eigenvalue weighted by Gasteiger charge is -2.03. The summed E-state index contributed by atoms with van der Waals surface area (Å²) in [6.45, 7) is 3.53. The molecular weight excluding hydrogens is 176 g/mol. The minimum absolute atomic E-state index is 0.469. The van der Waals surface area contributed by atoms with Crippen LogP contribution < -0.4 is 5.73 Å². The van der Waals surface area contributed by atoms with E-state index in [2.05, 4.69) is 21.5 Å². The van der Waals surface area contributed by atoms with Crippen LogP contribution in [0.2, 0.25) is 0 Å². The molecule has 2 N–H and O–H groups in total. The van der Waals surface area contributed by atoms with Crippen molar-refractivity contribution in [2.24, 2.45) is 5.73 Å². The molecule has 0 aliphatic heterocycles. The van der Waals surface area contributed by atoms with Crippen LogP contribution in [0.25, 0.3) is 11.2 Å². The van der Waals surface area contributed by atoms with Gasteiger partial charge in [0.1, 0.15) is 11.3 Å². The van der Waals surface area contributed by atoms with Crippen LogP contribution in [0, 0.1) is 0 Å². The molecule has 2 aromatic heterocycles. The fraction of sp³-hybridized carbons (Fsp3) is 0.400. The first-order chi connectivity index (χ1) is 6.86. The molecule has 2 rings (SSSR count). The van der Waals surface area contributed by atoms with E-state index in [0.29, 0.717) is 6.54 Å². The summed E-state index contributed by atoms with van der Waals surface area (Å²) in [6.07, 6.45) is 2.85. The Morgan fingerprint density at radius 2 is 2.36 bits per heavy atom. The Labute approximate surface area is 82.8 Å². The molecule has 0 saturated carbocycles. The summed E-state index contributed by atoms with van der Waals surface area (Å²) in [5, 5.41) is 0. The number of nitrogens with zero attached hydrogens (tertiary/aromatic N) is 3. The van der Waals surface area contributed by atoms with Crippen LogP contribution in [0.15, 0.2) is 18.3 Å². The molecule has 0 bridgehead atoms. The second-order valence-electron chi connectivity index (χ2n) is 3.23. The van der Waals surface area contributed by atoms with Gasteiger partial charge < -0.3 is 10.3 Å². The van der Waals surface area contributed by atoms with Gasteiger partial charge in [0, 0.05) is 12.7 Å². The number of pyridine rings is 1. The Bertz CT molecular complexity index is 433. The van der Waals surface area contributed by atoms with Crippen molar-refractivity contribution in [3.05, 3.63) is 24.2 Å². The maximum Gasteiger partial charge on any atom is 0.160 e. The number of nitrogens with two attached hydrogens (primary N) is 1. The first-order valence-electron chi connectivity index (χ1n) is 4.87. The van der Waals surface area contributed by atoms with Crippen molar-refractivity contribution in [3.8, 4) is 0 Å². The first-order valence-corrected chi connectivity index (χ1v) is 4.87. The molecular formula is C10H14N4. The van der Waals surface area contributed by atoms with Gasteiger partial charge in [-0.15, -0.1) is 0 Å². The average molecular weight is 190 g/mol. The summed E-state index contributed by atoms with van der Waals surface area (Å²) >= 11 is 0. The molecule has 4 heteroatoms. The zero-order chi connectivity index (χ0) is 9.97. The molecule has 0 aliphatic carbocycles. The number of rotatable bonds is 3. The lowest BCUT2D eigenvalue weighted by Crippen LogP contribution is -2.08. The van der Waals surface area contributed by atoms with Gasteiger partial charge in [0.15, 0.2) is 5.65 Å². The van der Waals surface area contributed by atoms with Gasteiger partial charge in [0.05, 0.1) is 6.54 Å². The Hall–Kier alpha value is -1.42. The van der Waals surface area contributed by atoms with Crippen LogP contribution in [-0.4, -0.2) is 14.5 Å². The van der Waals surface area contributed by atoms with Crippen molar-refractivity contribution >= 4 is 11.2 Å². The number of imidazole rings is 1. The van der Waals surface area contributed by atoms with Crippen LogP contribution in [0.4, 0.5) is 0 Å². The molecule has 2 heterocycles. The quantitative estimate of drug-likeness (QED) is 0.793. The van der Waals surface area contributed by atoms with E-state index in [1.54, 1.807) is 6.20 Å². The minimum atomic E-state index is 0.469. The Morgan fingerprint density at radius 1 is 1.50 bits per heavy atom. The van der Waals surface area contributed by atoms with Gasteiger partial charge in [-0.1, -0.05) is 6.92 Å². The van der Waals surface area contributed by atoms with Gasteiger partial charge in [-0.3, -0.25) is 0 Å². The third-order valence-corrected chi connectivity index (χ3v) is 2.21. The van der Waals surface area contributed by atoms with E-state index in [-0.39, 0.29) is 0 Å². The zero-order valence-electron chi connectivity index (χ0n) is 8.27. The molecule has 0 amide bonds. The van der Waals surface area contributed by atoms with E-state index < -0.39 is 0 Å². The van der Waals surface area contributed by atoms with Crippen molar-refractivity contribution in [3.63, 3.8) is 0 Å². The molecule has 14 heavy (non-hydrogen) atoms. The SMILES string of the molecule is CCCn1c(CN)nc2cccnc21. The van der Waals surface area contributed by atoms with Crippen LogP contribution >= 0.6 is 0 Å². The summed E-state index contributed by atoms with van der Waals surface area (Å²) in [4.78, 5) is 8.74. The second kappa shape index (κ2) is 3.75. The molecule has 4 nitrogen and oxygen atoms in total. The smallest absolute Gasteiger partial charge is 0.160 e. The molecule has 0 atom stereocenters. The van der Waals surface area contributed by atoms with Gasteiger partial charge >= 0.3 is 0 Å². The Morgan fingerprint density at radius 3 is 3.07 bits per heavy atom. The van der Waals surface area contributed by atoms with E-state index in [1.807, 2.05) is 12.1 Å². The molecule has 0 radical (unpaired) electrons. The monoisotopic (exact) mass is 190 g/mol. The summed E-state index contributed by atoms with van der Waals surface area (Å²) in [5.74, 6) is 0.917. The molecule has 0 aromatic carbocycles. The van der Waals surface area contributed by atoms with Crippen molar-refractivity contribution < 1.29 is 0 Å². The molecule has 0 fully saturated rings. The summed E-state index contributed by atoms with van der Waals surface area (Å²) in [5.41, 5.74) is 7.51. The van der Waals surface area contributed by atoms with Crippen LogP contribution in [0.5, 0.6) is 0 Å². The number of aromatic nitrogens is 3. The van der Waals surface area contributed by atoms with Gasteiger partial charge in [0.25, 0.3) is 0 Å². The molecule has 2 aromatic rings. The van der Waals surface area contributed by atoms with E-state index in [1.165, 1.54) is 0 Å². The van der Waals surface area contributed by atoms with Crippen LogP contribution in [0.1, 0.15) is 19.2 Å². The highest BCUT2D eigenvalue weighted by Gasteiger charge is 2.08. The topological polar surface area (TPSA) is 56.7 Å². The van der Waals surface area contributed by atoms with E-state index in [9.17, 15) is 0 Å². The van der Waals surface area contributed by atoms with Crippen molar-refractivity contribution in [2.45, 2.75) is 26.4 Å². The normalized spacial score (nSPS) is 11.0. The van der Waals surface area contributed by atoms with E-state index in [4.69, 9.17) is 5.73 Å². The second-order valence-corrected chi connectivity index (χ2v) is 3.23. The summed E-state index contributed by atoms with van der Waals surface area (Å²) < 4.78 is 2.09. The predicted molar refractivity (Wildman–Crippen MR) is 55.7 cm³/mol. The Balaban J connectivity index is 2.61. The molecule has 0 saturated heterocycles. The van der Waals surface area contributed by atoms with Gasteiger partial charge in [-0.2, -0.15) is 0 Å². The van der Waals surface area contributed by atoms with E-state index >= 15 is 0 Å². The van der Waals surface area contributed by atoms with Crippen molar-refractivity contribution in [1.82, 2.24) is 14.5 Å². The lowest BCUT2D eigenvalue weighted by molar-refractivity contribution is 0.651. The van der Waals surface area contributed by atoms with Crippen LogP contribution in [0.3, 0.4) is 0 Å². The average Bonchev–Trinajstić information content (AvgIpc) is 2.58. The van der Waals surface area contributed by atoms with Gasteiger partial charge in [-0.05, 0) is 18.6 Å². The summed E-state index contributed by atoms with van der Waals surface area (Å²) in [7, 11) is 0. The standard InChI is InChI=1S/C10H14N4/c1-2-6-14-9(7-11)13-8-4-3-5-12-10(8)14/h3-5H,2,6-7,11H2,1H3. The maximum atomic E-state index is 5.63. The third-order valence-electron chi connectivity index (χ3n) is 2.21. The highest BCUT2D eigenvalue weighted by Crippen LogP contribution is 2.13. The number of hydrogen-bond acceptors (Lipinski definition) is 3. The third kappa shape index (κ3) is 1.37. The Kier molecular flexibility index (Phi) is 2.45. The maximum absolute atomic E-state index is 5.63. The predicted octanol–water partition coefficient (Wildman–Crippen LogP) is 1.30.